The second-order valence-electron chi connectivity index (χ2n) is 11.0. The van der Waals surface area contributed by atoms with Crippen LogP contribution in [0.3, 0.4) is 0 Å². The van der Waals surface area contributed by atoms with Gasteiger partial charge in [0.1, 0.15) is 24.3 Å². The lowest BCUT2D eigenvalue weighted by Crippen LogP contribution is -2.60. The van der Waals surface area contributed by atoms with Crippen molar-refractivity contribution in [3.05, 3.63) is 35.4 Å². The van der Waals surface area contributed by atoms with Gasteiger partial charge in [-0.25, -0.2) is 0 Å². The first-order valence-corrected chi connectivity index (χ1v) is 13.7. The molecular formula is C28H40N4O5. The molecule has 2 N–H and O–H groups in total. The summed E-state index contributed by atoms with van der Waals surface area (Å²) >= 11 is 0. The molecule has 4 fully saturated rings. The summed E-state index contributed by atoms with van der Waals surface area (Å²) in [5, 5.41) is 6.30. The number of hydrogen-bond donors (Lipinski definition) is 2. The van der Waals surface area contributed by atoms with Crippen LogP contribution in [-0.4, -0.2) is 105 Å². The van der Waals surface area contributed by atoms with Crippen molar-refractivity contribution in [1.29, 1.82) is 0 Å². The molecule has 0 spiro atoms. The maximum absolute atomic E-state index is 13.9. The Morgan fingerprint density at radius 1 is 1.14 bits per heavy atom. The molecule has 0 unspecified atom stereocenters. The minimum Gasteiger partial charge on any atom is -0.383 e. The maximum Gasteiger partial charge on any atom is 0.252 e. The molecule has 202 valence electrons. The van der Waals surface area contributed by atoms with E-state index in [9.17, 15) is 14.4 Å². The second-order valence-corrected chi connectivity index (χ2v) is 11.0. The molecule has 0 bridgehead atoms. The topological polar surface area (TPSA) is 100 Å². The molecule has 3 aliphatic heterocycles. The van der Waals surface area contributed by atoms with Crippen molar-refractivity contribution in [2.75, 3.05) is 53.6 Å². The van der Waals surface area contributed by atoms with Gasteiger partial charge in [0.15, 0.2) is 5.78 Å². The number of Topliss-reactive ketones (excluding diaryl/α,β-unsaturated/α-hetero) is 1. The van der Waals surface area contributed by atoms with E-state index >= 15 is 0 Å². The predicted molar refractivity (Wildman–Crippen MR) is 138 cm³/mol. The van der Waals surface area contributed by atoms with Crippen molar-refractivity contribution in [3.8, 4) is 0 Å². The number of amides is 2. The Bertz CT molecular complexity index is 985. The lowest BCUT2D eigenvalue weighted by atomic mass is 9.88. The molecule has 1 aliphatic carbocycles. The van der Waals surface area contributed by atoms with Gasteiger partial charge in [-0.2, -0.15) is 0 Å². The van der Waals surface area contributed by atoms with Gasteiger partial charge in [0.25, 0.3) is 5.91 Å². The number of likely N-dealkylation sites (N-methyl/N-ethyl adjacent to an activating group) is 1. The van der Waals surface area contributed by atoms with Crippen molar-refractivity contribution in [2.45, 2.75) is 68.2 Å². The molecule has 1 aromatic rings. The number of ether oxygens (including phenoxy) is 2. The van der Waals surface area contributed by atoms with E-state index in [1.165, 1.54) is 5.56 Å². The monoisotopic (exact) mass is 512 g/mol. The van der Waals surface area contributed by atoms with Crippen LogP contribution in [0.2, 0.25) is 0 Å². The number of hydrogen-bond acceptors (Lipinski definition) is 7. The molecule has 9 nitrogen and oxygen atoms in total. The molecule has 37 heavy (non-hydrogen) atoms. The molecule has 0 aromatic heterocycles. The molecular weight excluding hydrogens is 472 g/mol. The van der Waals surface area contributed by atoms with Crippen LogP contribution in [0, 0.1) is 0 Å². The summed E-state index contributed by atoms with van der Waals surface area (Å²) in [7, 11) is 3.56. The first-order valence-electron chi connectivity index (χ1n) is 13.7. The third-order valence-corrected chi connectivity index (χ3v) is 8.88. The molecule has 1 saturated carbocycles. The lowest BCUT2D eigenvalue weighted by molar-refractivity contribution is -0.142. The molecule has 1 aromatic carbocycles. The molecule has 3 saturated heterocycles. The van der Waals surface area contributed by atoms with Crippen molar-refractivity contribution in [2.24, 2.45) is 0 Å². The number of benzene rings is 1. The number of rotatable bonds is 8. The minimum atomic E-state index is -0.971. The fourth-order valence-corrected chi connectivity index (χ4v) is 6.67. The van der Waals surface area contributed by atoms with Gasteiger partial charge in [0.05, 0.1) is 12.6 Å². The van der Waals surface area contributed by atoms with Crippen LogP contribution >= 0.6 is 0 Å². The van der Waals surface area contributed by atoms with Crippen molar-refractivity contribution in [1.82, 2.24) is 20.4 Å². The number of fused-ring (bicyclic) bond motifs is 1. The normalized spacial score (nSPS) is 28.0. The Labute approximate surface area is 219 Å². The van der Waals surface area contributed by atoms with Crippen LogP contribution in [0.5, 0.6) is 0 Å². The first kappa shape index (κ1) is 26.3. The van der Waals surface area contributed by atoms with Crippen LogP contribution in [0.1, 0.15) is 60.4 Å². The van der Waals surface area contributed by atoms with Crippen LogP contribution in [0.15, 0.2) is 24.3 Å². The summed E-state index contributed by atoms with van der Waals surface area (Å²) in [5.74, 6) is 0.0525. The Balaban J connectivity index is 1.25. The molecule has 2 amide bonds. The summed E-state index contributed by atoms with van der Waals surface area (Å²) < 4.78 is 10.9. The summed E-state index contributed by atoms with van der Waals surface area (Å²) in [4.78, 5) is 43.9. The molecule has 3 atom stereocenters. The van der Waals surface area contributed by atoms with Crippen LogP contribution in [-0.2, 0) is 19.1 Å². The van der Waals surface area contributed by atoms with E-state index in [1.54, 1.807) is 12.0 Å². The van der Waals surface area contributed by atoms with Crippen molar-refractivity contribution in [3.63, 3.8) is 0 Å². The van der Waals surface area contributed by atoms with E-state index in [0.717, 1.165) is 51.9 Å². The number of piperidine rings is 1. The van der Waals surface area contributed by atoms with Crippen LogP contribution in [0.25, 0.3) is 0 Å². The van der Waals surface area contributed by atoms with Gasteiger partial charge in [-0.3, -0.25) is 14.4 Å². The Kier molecular flexibility index (Phi) is 7.95. The summed E-state index contributed by atoms with van der Waals surface area (Å²) in [6, 6.07) is 7.22. The highest BCUT2D eigenvalue weighted by atomic mass is 16.5. The Morgan fingerprint density at radius 2 is 1.84 bits per heavy atom. The highest BCUT2D eigenvalue weighted by molar-refractivity contribution is 6.01. The van der Waals surface area contributed by atoms with Gasteiger partial charge >= 0.3 is 0 Å². The number of nitrogens with one attached hydrogen (secondary N) is 2. The number of carbonyl (C=O) groups is 3. The third-order valence-electron chi connectivity index (χ3n) is 8.88. The smallest absolute Gasteiger partial charge is 0.252 e. The number of nitrogens with zero attached hydrogens (tertiary/aromatic N) is 2. The van der Waals surface area contributed by atoms with Gasteiger partial charge in [0.2, 0.25) is 5.91 Å². The molecule has 9 heteroatoms. The standard InChI is InChI=1S/C28H40N4O5/c1-29-22-17-32(24-23(33)18-37-25(22)24)27(35)28(11-3-4-12-28)30-26(34)21-7-5-19(6-8-21)20-9-13-31(14-10-20)15-16-36-2/h5-8,20,22,24-25,29H,3-4,9-18H2,1-2H3,(H,30,34)/t22-,24+,25+/m0/s1. The van der Waals surface area contributed by atoms with Gasteiger partial charge in [0, 0.05) is 25.8 Å². The zero-order chi connectivity index (χ0) is 26.0. The van der Waals surface area contributed by atoms with E-state index in [2.05, 4.69) is 27.7 Å². The van der Waals surface area contributed by atoms with Gasteiger partial charge in [-0.1, -0.05) is 25.0 Å². The predicted octanol–water partition coefficient (Wildman–Crippen LogP) is 1.32. The number of ketones is 1. The Hall–Kier alpha value is -2.33. The van der Waals surface area contributed by atoms with Gasteiger partial charge in [-0.05, 0) is 69.4 Å². The first-order chi connectivity index (χ1) is 18.0. The number of likely N-dealkylation sites (tertiary alicyclic amines) is 2. The fourth-order valence-electron chi connectivity index (χ4n) is 6.67. The molecule has 4 aliphatic rings. The summed E-state index contributed by atoms with van der Waals surface area (Å²) in [6.07, 6.45) is 4.79. The molecule has 0 radical (unpaired) electrons. The van der Waals surface area contributed by atoms with E-state index in [1.807, 2.05) is 19.2 Å². The largest absolute Gasteiger partial charge is 0.383 e. The average Bonchev–Trinajstić information content (AvgIpc) is 3.65. The quantitative estimate of drug-likeness (QED) is 0.542. The van der Waals surface area contributed by atoms with E-state index in [0.29, 0.717) is 30.9 Å². The minimum absolute atomic E-state index is 0.0369. The lowest BCUT2D eigenvalue weighted by Gasteiger charge is -2.35. The molecule has 3 heterocycles. The zero-order valence-corrected chi connectivity index (χ0v) is 22.0. The zero-order valence-electron chi connectivity index (χ0n) is 22.0. The second kappa shape index (κ2) is 11.2. The number of methoxy groups -OCH3 is 1. The third kappa shape index (κ3) is 5.19. The van der Waals surface area contributed by atoms with Gasteiger partial charge < -0.3 is 29.9 Å². The maximum atomic E-state index is 13.9. The van der Waals surface area contributed by atoms with E-state index in [4.69, 9.17) is 9.47 Å². The van der Waals surface area contributed by atoms with Crippen molar-refractivity contribution < 1.29 is 23.9 Å². The number of carbonyl (C=O) groups excluding carboxylic acids is 3. The van der Waals surface area contributed by atoms with Crippen LogP contribution < -0.4 is 10.6 Å². The summed E-state index contributed by atoms with van der Waals surface area (Å²) in [6.45, 7) is 4.29. The molecule has 5 rings (SSSR count). The fraction of sp³-hybridized carbons (Fsp3) is 0.679. The van der Waals surface area contributed by atoms with E-state index < -0.39 is 11.6 Å². The van der Waals surface area contributed by atoms with E-state index in [-0.39, 0.29) is 36.4 Å². The highest BCUT2D eigenvalue weighted by Gasteiger charge is 2.56. The van der Waals surface area contributed by atoms with Crippen LogP contribution in [0.4, 0.5) is 0 Å². The average molecular weight is 513 g/mol. The summed E-state index contributed by atoms with van der Waals surface area (Å²) in [5.41, 5.74) is 0.851. The highest BCUT2D eigenvalue weighted by Crippen LogP contribution is 2.36. The SMILES string of the molecule is CN[C@H]1CN(C(=O)C2(NC(=O)c3ccc(C4CCN(CCOC)CC4)cc3)CCCC2)[C@@H]2C(=O)CO[C@H]12. The van der Waals surface area contributed by atoms with Gasteiger partial charge in [-0.15, -0.1) is 0 Å². The van der Waals surface area contributed by atoms with Crippen molar-refractivity contribution >= 4 is 17.6 Å². The Morgan fingerprint density at radius 3 is 2.49 bits per heavy atom.